The van der Waals surface area contributed by atoms with Crippen molar-refractivity contribution in [1.29, 1.82) is 0 Å². The molecule has 0 radical (unpaired) electrons. The van der Waals surface area contributed by atoms with Gasteiger partial charge in [0.1, 0.15) is 24.1 Å². The van der Waals surface area contributed by atoms with Gasteiger partial charge in [-0.3, -0.25) is 19.1 Å². The van der Waals surface area contributed by atoms with Gasteiger partial charge in [0.05, 0.1) is 23.2 Å². The summed E-state index contributed by atoms with van der Waals surface area (Å²) in [4.78, 5) is 50.0. The molecular weight excluding hydrogens is 503 g/mol. The van der Waals surface area contributed by atoms with Crippen molar-refractivity contribution in [3.63, 3.8) is 0 Å². The third-order valence-corrected chi connectivity index (χ3v) is 6.49. The Kier molecular flexibility index (Phi) is 7.87. The molecule has 9 nitrogen and oxygen atoms in total. The number of esters is 1. The largest absolute Gasteiger partial charge is 0.465 e. The Labute approximate surface area is 217 Å². The molecule has 37 heavy (non-hydrogen) atoms. The molecule has 0 saturated heterocycles. The van der Waals surface area contributed by atoms with Crippen molar-refractivity contribution in [2.45, 2.75) is 45.3 Å². The van der Waals surface area contributed by atoms with E-state index in [9.17, 15) is 23.6 Å². The van der Waals surface area contributed by atoms with Gasteiger partial charge in [-0.05, 0) is 36.6 Å². The number of aromatic nitrogens is 2. The maximum Gasteiger partial charge on any atom is 0.337 e. The van der Waals surface area contributed by atoms with Gasteiger partial charge in [0.25, 0.3) is 0 Å². The molecule has 4 rings (SSSR count). The molecule has 1 heterocycles. The standard InChI is InChI=1S/C26H26ClFN4O5/c1-14(33)24-18-9-8-16(26(36)37-2)11-21(18)32(31-24)13-22(34)30-20(10-15-6-7-15)25(35)29-12-17-4-3-5-19(27)23(17)28/h3-5,8-9,11,15,20H,6-7,10,12-13H2,1-2H3,(H,29,35)(H,30,34)/t20-/m0/s1. The van der Waals surface area contributed by atoms with Crippen molar-refractivity contribution in [2.75, 3.05) is 7.11 Å². The molecular formula is C26H26ClFN4O5. The second-order valence-electron chi connectivity index (χ2n) is 9.02. The Morgan fingerprint density at radius 2 is 1.97 bits per heavy atom. The fourth-order valence-corrected chi connectivity index (χ4v) is 4.28. The zero-order valence-corrected chi connectivity index (χ0v) is 21.1. The molecule has 0 spiro atoms. The van der Waals surface area contributed by atoms with Crippen LogP contribution in [0.25, 0.3) is 10.9 Å². The number of ether oxygens (including phenoxy) is 1. The third kappa shape index (κ3) is 6.14. The Hall–Kier alpha value is -3.79. The lowest BCUT2D eigenvalue weighted by Gasteiger charge is -2.19. The summed E-state index contributed by atoms with van der Waals surface area (Å²) in [5.41, 5.74) is 1.04. The van der Waals surface area contributed by atoms with E-state index in [0.717, 1.165) is 12.8 Å². The van der Waals surface area contributed by atoms with Crippen LogP contribution in [0.3, 0.4) is 0 Å². The summed E-state index contributed by atoms with van der Waals surface area (Å²) in [5, 5.41) is 10.1. The molecule has 1 aromatic heterocycles. The molecule has 1 saturated carbocycles. The van der Waals surface area contributed by atoms with Crippen molar-refractivity contribution in [1.82, 2.24) is 20.4 Å². The van der Waals surface area contributed by atoms with Crippen molar-refractivity contribution in [2.24, 2.45) is 5.92 Å². The summed E-state index contributed by atoms with van der Waals surface area (Å²) in [7, 11) is 1.25. The number of methoxy groups -OCH3 is 1. The predicted octanol–water partition coefficient (Wildman–Crippen LogP) is 3.42. The number of fused-ring (bicyclic) bond motifs is 1. The Balaban J connectivity index is 1.50. The topological polar surface area (TPSA) is 119 Å². The number of halogens is 2. The first-order valence-corrected chi connectivity index (χ1v) is 12.2. The van der Waals surface area contributed by atoms with Crippen molar-refractivity contribution >= 4 is 46.1 Å². The smallest absolute Gasteiger partial charge is 0.337 e. The minimum Gasteiger partial charge on any atom is -0.465 e. The lowest BCUT2D eigenvalue weighted by Crippen LogP contribution is -2.47. The van der Waals surface area contributed by atoms with Crippen LogP contribution in [0.5, 0.6) is 0 Å². The molecule has 2 aromatic carbocycles. The normalized spacial score (nSPS) is 13.7. The van der Waals surface area contributed by atoms with E-state index in [2.05, 4.69) is 15.7 Å². The molecule has 194 valence electrons. The summed E-state index contributed by atoms with van der Waals surface area (Å²) in [6.07, 6.45) is 2.37. The van der Waals surface area contributed by atoms with Gasteiger partial charge in [-0.2, -0.15) is 5.10 Å². The summed E-state index contributed by atoms with van der Waals surface area (Å²) in [6, 6.07) is 8.30. The van der Waals surface area contributed by atoms with Crippen LogP contribution >= 0.6 is 11.6 Å². The van der Waals surface area contributed by atoms with Crippen molar-refractivity contribution in [3.8, 4) is 0 Å². The lowest BCUT2D eigenvalue weighted by atomic mass is 10.1. The highest BCUT2D eigenvalue weighted by atomic mass is 35.5. The highest BCUT2D eigenvalue weighted by Gasteiger charge is 2.31. The Morgan fingerprint density at radius 1 is 1.22 bits per heavy atom. The first kappa shape index (κ1) is 26.3. The maximum atomic E-state index is 14.2. The summed E-state index contributed by atoms with van der Waals surface area (Å²) >= 11 is 5.81. The van der Waals surface area contributed by atoms with Crippen LogP contribution in [0, 0.1) is 11.7 Å². The number of Topliss-reactive ketones (excluding diaryl/α,β-unsaturated/α-hetero) is 1. The van der Waals surface area contributed by atoms with Gasteiger partial charge in [-0.15, -0.1) is 0 Å². The molecule has 0 aliphatic heterocycles. The van der Waals surface area contributed by atoms with Crippen LogP contribution in [0.15, 0.2) is 36.4 Å². The highest BCUT2D eigenvalue weighted by molar-refractivity contribution is 6.30. The average molecular weight is 529 g/mol. The summed E-state index contributed by atoms with van der Waals surface area (Å²) in [5.74, 6) is -2.10. The number of nitrogens with one attached hydrogen (secondary N) is 2. The molecule has 1 fully saturated rings. The van der Waals surface area contributed by atoms with Crippen LogP contribution in [-0.2, 0) is 27.4 Å². The molecule has 1 aliphatic carbocycles. The lowest BCUT2D eigenvalue weighted by molar-refractivity contribution is -0.129. The highest BCUT2D eigenvalue weighted by Crippen LogP contribution is 2.33. The van der Waals surface area contributed by atoms with E-state index in [1.165, 1.54) is 43.0 Å². The molecule has 0 unspecified atom stereocenters. The summed E-state index contributed by atoms with van der Waals surface area (Å²) in [6.45, 7) is 0.995. The predicted molar refractivity (Wildman–Crippen MR) is 134 cm³/mol. The van der Waals surface area contributed by atoms with Crippen LogP contribution in [-0.4, -0.2) is 46.5 Å². The number of hydrogen-bond acceptors (Lipinski definition) is 6. The van der Waals surface area contributed by atoms with E-state index in [1.54, 1.807) is 12.1 Å². The number of benzene rings is 2. The Morgan fingerprint density at radius 3 is 2.65 bits per heavy atom. The fourth-order valence-electron chi connectivity index (χ4n) is 4.08. The van der Waals surface area contributed by atoms with Gasteiger partial charge in [0.15, 0.2) is 5.78 Å². The second kappa shape index (κ2) is 11.1. The third-order valence-electron chi connectivity index (χ3n) is 6.20. The second-order valence-corrected chi connectivity index (χ2v) is 9.42. The van der Waals surface area contributed by atoms with Gasteiger partial charge in [-0.1, -0.05) is 36.6 Å². The number of carbonyl (C=O) groups is 4. The van der Waals surface area contributed by atoms with Crippen LogP contribution in [0.1, 0.15) is 52.6 Å². The average Bonchev–Trinajstić information content (AvgIpc) is 3.63. The van der Waals surface area contributed by atoms with Crippen LogP contribution < -0.4 is 10.6 Å². The quantitative estimate of drug-likeness (QED) is 0.307. The first-order chi connectivity index (χ1) is 17.7. The van der Waals surface area contributed by atoms with Crippen LogP contribution in [0.4, 0.5) is 4.39 Å². The molecule has 1 atom stereocenters. The van der Waals surface area contributed by atoms with Crippen LogP contribution in [0.2, 0.25) is 5.02 Å². The Bertz CT molecular complexity index is 1380. The molecule has 11 heteroatoms. The van der Waals surface area contributed by atoms with Crippen molar-refractivity contribution in [3.05, 3.63) is 64.1 Å². The molecule has 1 aliphatic rings. The van der Waals surface area contributed by atoms with E-state index in [-0.39, 0.29) is 40.7 Å². The number of carbonyl (C=O) groups excluding carboxylic acids is 4. The molecule has 2 amide bonds. The number of hydrogen-bond donors (Lipinski definition) is 2. The maximum absolute atomic E-state index is 14.2. The van der Waals surface area contributed by atoms with Gasteiger partial charge in [-0.25, -0.2) is 9.18 Å². The first-order valence-electron chi connectivity index (χ1n) is 11.8. The molecule has 0 bridgehead atoms. The van der Waals surface area contributed by atoms with E-state index < -0.39 is 29.6 Å². The minimum absolute atomic E-state index is 0.0404. The van der Waals surface area contributed by atoms with E-state index >= 15 is 0 Å². The number of ketones is 1. The van der Waals surface area contributed by atoms with E-state index in [0.29, 0.717) is 23.2 Å². The van der Waals surface area contributed by atoms with Crippen molar-refractivity contribution < 1.29 is 28.3 Å². The molecule has 2 N–H and O–H groups in total. The van der Waals surface area contributed by atoms with Gasteiger partial charge in [0.2, 0.25) is 11.8 Å². The SMILES string of the molecule is COC(=O)c1ccc2c(C(C)=O)nn(CC(=O)N[C@@H](CC3CC3)C(=O)NCc3cccc(Cl)c3F)c2c1. The van der Waals surface area contributed by atoms with Gasteiger partial charge in [0, 0.05) is 24.4 Å². The number of amides is 2. The zero-order valence-electron chi connectivity index (χ0n) is 20.3. The number of rotatable bonds is 10. The fraction of sp³-hybridized carbons (Fsp3) is 0.346. The van der Waals surface area contributed by atoms with Gasteiger partial charge >= 0.3 is 5.97 Å². The summed E-state index contributed by atoms with van der Waals surface area (Å²) < 4.78 is 20.3. The van der Waals surface area contributed by atoms with Gasteiger partial charge < -0.3 is 15.4 Å². The van der Waals surface area contributed by atoms with E-state index in [1.807, 2.05) is 0 Å². The number of nitrogens with zero attached hydrogens (tertiary/aromatic N) is 2. The minimum atomic E-state index is -0.832. The molecule has 3 aromatic rings. The monoisotopic (exact) mass is 528 g/mol. The zero-order chi connectivity index (χ0) is 26.7. The van der Waals surface area contributed by atoms with E-state index in [4.69, 9.17) is 16.3 Å².